The number of nitrogens with zero attached hydrogens (tertiary/aromatic N) is 1. The molecule has 1 N–H and O–H groups in total. The first-order valence-corrected chi connectivity index (χ1v) is 10.9. The number of carboxylic acids is 1. The van der Waals surface area contributed by atoms with Gasteiger partial charge in [-0.05, 0) is 29.8 Å². The molecule has 0 saturated heterocycles. The molecule has 0 atom stereocenters. The average molecular weight is 451 g/mol. The highest BCUT2D eigenvalue weighted by atomic mass is 32.2. The number of sulfone groups is 1. The van der Waals surface area contributed by atoms with Crippen LogP contribution < -0.4 is 0 Å². The van der Waals surface area contributed by atoms with Crippen LogP contribution in [0.2, 0.25) is 0 Å². The van der Waals surface area contributed by atoms with Gasteiger partial charge in [-0.15, -0.1) is 0 Å². The molecule has 29 heavy (non-hydrogen) atoms. The third-order valence-corrected chi connectivity index (χ3v) is 7.46. The van der Waals surface area contributed by atoms with Crippen LogP contribution >= 0.6 is 0 Å². The van der Waals surface area contributed by atoms with E-state index in [0.717, 1.165) is 34.6 Å². The molecule has 2 aromatic carbocycles. The van der Waals surface area contributed by atoms with Crippen LogP contribution in [0.25, 0.3) is 0 Å². The second-order valence-electron chi connectivity index (χ2n) is 6.21. The highest BCUT2D eigenvalue weighted by Crippen LogP contribution is 2.31. The van der Waals surface area contributed by atoms with Crippen molar-refractivity contribution in [2.75, 3.05) is 14.1 Å². The molecule has 2 aromatic rings. The molecule has 0 aliphatic heterocycles. The monoisotopic (exact) mass is 451 g/mol. The Kier molecular flexibility index (Phi) is 6.12. The Morgan fingerprint density at radius 2 is 1.66 bits per heavy atom. The molecule has 0 aliphatic carbocycles. The lowest BCUT2D eigenvalue weighted by atomic mass is 10.1. The van der Waals surface area contributed by atoms with Gasteiger partial charge in [-0.1, -0.05) is 18.2 Å². The molecule has 7 nitrogen and oxygen atoms in total. The van der Waals surface area contributed by atoms with Crippen LogP contribution in [0.3, 0.4) is 0 Å². The van der Waals surface area contributed by atoms with E-state index in [4.69, 9.17) is 0 Å². The van der Waals surface area contributed by atoms with Gasteiger partial charge in [-0.2, -0.15) is 13.2 Å². The molecule has 0 spiro atoms. The molecule has 0 aliphatic rings. The number of hydrogen-bond donors (Lipinski definition) is 1. The zero-order valence-corrected chi connectivity index (χ0v) is 16.8. The third-order valence-electron chi connectivity index (χ3n) is 3.91. The highest BCUT2D eigenvalue weighted by Gasteiger charge is 2.31. The van der Waals surface area contributed by atoms with Crippen molar-refractivity contribution in [2.45, 2.75) is 21.7 Å². The summed E-state index contributed by atoms with van der Waals surface area (Å²) in [6, 6.07) is 6.10. The van der Waals surface area contributed by atoms with Crippen molar-refractivity contribution in [3.63, 3.8) is 0 Å². The van der Waals surface area contributed by atoms with Gasteiger partial charge in [0.25, 0.3) is 0 Å². The summed E-state index contributed by atoms with van der Waals surface area (Å²) in [7, 11) is -5.98. The molecule has 0 unspecified atom stereocenters. The number of aromatic carboxylic acids is 1. The largest absolute Gasteiger partial charge is 0.478 e. The molecule has 0 amide bonds. The predicted molar refractivity (Wildman–Crippen MR) is 96.6 cm³/mol. The maximum absolute atomic E-state index is 12.8. The van der Waals surface area contributed by atoms with E-state index in [1.54, 1.807) is 0 Å². The maximum atomic E-state index is 12.8. The van der Waals surface area contributed by atoms with Gasteiger partial charge in [0.2, 0.25) is 10.0 Å². The molecule has 0 radical (unpaired) electrons. The van der Waals surface area contributed by atoms with Crippen LogP contribution in [0.5, 0.6) is 0 Å². The van der Waals surface area contributed by atoms with Gasteiger partial charge >= 0.3 is 12.1 Å². The zero-order valence-electron chi connectivity index (χ0n) is 15.1. The molecule has 158 valence electrons. The van der Waals surface area contributed by atoms with Gasteiger partial charge in [0, 0.05) is 14.1 Å². The Hall–Kier alpha value is -2.44. The molecule has 0 heterocycles. The van der Waals surface area contributed by atoms with E-state index >= 15 is 0 Å². The predicted octanol–water partition coefficient (Wildman–Crippen LogP) is 2.63. The van der Waals surface area contributed by atoms with E-state index in [1.165, 1.54) is 14.1 Å². The number of alkyl halides is 3. The number of hydrogen-bond acceptors (Lipinski definition) is 5. The topological polar surface area (TPSA) is 109 Å². The molecule has 0 bridgehead atoms. The van der Waals surface area contributed by atoms with Crippen LogP contribution in [0.1, 0.15) is 21.5 Å². The summed E-state index contributed by atoms with van der Waals surface area (Å²) in [5.74, 6) is -2.58. The van der Waals surface area contributed by atoms with E-state index < -0.39 is 58.7 Å². The molecule has 12 heteroatoms. The number of rotatable bonds is 6. The van der Waals surface area contributed by atoms with Crippen molar-refractivity contribution in [3.05, 3.63) is 59.2 Å². The standard InChI is InChI=1S/C17H16F3NO6S2/c1-21(2)29(26,27)13-6-7-15(14(9-13)16(22)23)28(24,25)10-11-4-3-5-12(8-11)17(18,19)20/h3-9H,10H2,1-2H3,(H,22,23). The van der Waals surface area contributed by atoms with E-state index in [9.17, 15) is 39.9 Å². The molecule has 2 rings (SSSR count). The summed E-state index contributed by atoms with van der Waals surface area (Å²) in [6.45, 7) is 0. The molecular weight excluding hydrogens is 435 g/mol. The molecule has 0 fully saturated rings. The SMILES string of the molecule is CN(C)S(=O)(=O)c1ccc(S(=O)(=O)Cc2cccc(C(F)(F)F)c2)c(C(=O)O)c1. The van der Waals surface area contributed by atoms with Crippen molar-refractivity contribution >= 4 is 25.8 Å². The quantitative estimate of drug-likeness (QED) is 0.723. The van der Waals surface area contributed by atoms with Gasteiger partial charge in [0.05, 0.1) is 26.7 Å². The van der Waals surface area contributed by atoms with Crippen molar-refractivity contribution in [3.8, 4) is 0 Å². The van der Waals surface area contributed by atoms with Crippen molar-refractivity contribution < 1.29 is 39.9 Å². The van der Waals surface area contributed by atoms with Crippen LogP contribution in [-0.2, 0) is 31.8 Å². The Balaban J connectivity index is 2.54. The Morgan fingerprint density at radius 3 is 2.17 bits per heavy atom. The lowest BCUT2D eigenvalue weighted by molar-refractivity contribution is -0.137. The maximum Gasteiger partial charge on any atom is 0.416 e. The summed E-state index contributed by atoms with van der Waals surface area (Å²) < 4.78 is 89.0. The van der Waals surface area contributed by atoms with E-state index in [-0.39, 0.29) is 5.56 Å². The number of carbonyl (C=O) groups is 1. The minimum Gasteiger partial charge on any atom is -0.478 e. The molecule has 0 aromatic heterocycles. The first-order chi connectivity index (χ1) is 13.2. The summed E-state index contributed by atoms with van der Waals surface area (Å²) in [4.78, 5) is 10.4. The lowest BCUT2D eigenvalue weighted by Gasteiger charge is -2.14. The van der Waals surface area contributed by atoms with Crippen LogP contribution in [0.15, 0.2) is 52.3 Å². The van der Waals surface area contributed by atoms with Gasteiger partial charge in [-0.3, -0.25) is 0 Å². The Bertz CT molecular complexity index is 1160. The number of halogens is 3. The van der Waals surface area contributed by atoms with Gasteiger partial charge in [0.1, 0.15) is 0 Å². The minimum absolute atomic E-state index is 0.193. The van der Waals surface area contributed by atoms with Crippen LogP contribution in [-0.4, -0.2) is 46.3 Å². The van der Waals surface area contributed by atoms with E-state index in [0.29, 0.717) is 12.1 Å². The number of carboxylic acid groups (broad SMARTS) is 1. The lowest BCUT2D eigenvalue weighted by Crippen LogP contribution is -2.23. The van der Waals surface area contributed by atoms with Gasteiger partial charge in [0.15, 0.2) is 9.84 Å². The Labute approximate surface area is 165 Å². The van der Waals surface area contributed by atoms with Gasteiger partial charge in [-0.25, -0.2) is 25.9 Å². The minimum atomic E-state index is -4.67. The molecular formula is C17H16F3NO6S2. The van der Waals surface area contributed by atoms with Crippen molar-refractivity contribution in [1.82, 2.24) is 4.31 Å². The summed E-state index contributed by atoms with van der Waals surface area (Å²) >= 11 is 0. The molecule has 0 saturated carbocycles. The average Bonchev–Trinajstić information content (AvgIpc) is 2.60. The Morgan fingerprint density at radius 1 is 1.03 bits per heavy atom. The highest BCUT2D eigenvalue weighted by molar-refractivity contribution is 7.90. The van der Waals surface area contributed by atoms with E-state index in [1.807, 2.05) is 0 Å². The fourth-order valence-corrected chi connectivity index (χ4v) is 4.91. The summed E-state index contributed by atoms with van der Waals surface area (Å²) in [5.41, 5.74) is -2.03. The first-order valence-electron chi connectivity index (χ1n) is 7.85. The first kappa shape index (κ1) is 22.8. The fourth-order valence-electron chi connectivity index (χ4n) is 2.45. The number of benzene rings is 2. The zero-order chi connectivity index (χ0) is 22.2. The van der Waals surface area contributed by atoms with Crippen LogP contribution in [0.4, 0.5) is 13.2 Å². The number of sulfonamides is 1. The smallest absolute Gasteiger partial charge is 0.416 e. The van der Waals surface area contributed by atoms with Crippen molar-refractivity contribution in [2.24, 2.45) is 0 Å². The second kappa shape index (κ2) is 7.76. The second-order valence-corrected chi connectivity index (χ2v) is 10.3. The van der Waals surface area contributed by atoms with E-state index in [2.05, 4.69) is 0 Å². The van der Waals surface area contributed by atoms with Crippen LogP contribution in [0, 0.1) is 0 Å². The van der Waals surface area contributed by atoms with Crippen molar-refractivity contribution in [1.29, 1.82) is 0 Å². The van der Waals surface area contributed by atoms with Gasteiger partial charge < -0.3 is 5.11 Å². The third kappa shape index (κ3) is 4.95. The summed E-state index contributed by atoms with van der Waals surface area (Å²) in [5, 5.41) is 9.35. The fraction of sp³-hybridized carbons (Fsp3) is 0.235. The summed E-state index contributed by atoms with van der Waals surface area (Å²) in [6.07, 6.45) is -4.67. The normalized spacial score (nSPS) is 12.9.